The van der Waals surface area contributed by atoms with Gasteiger partial charge >= 0.3 is 0 Å². The van der Waals surface area contributed by atoms with Crippen molar-refractivity contribution in [2.75, 3.05) is 6.54 Å². The summed E-state index contributed by atoms with van der Waals surface area (Å²) in [7, 11) is 0. The van der Waals surface area contributed by atoms with E-state index in [1.54, 1.807) is 6.92 Å². The monoisotopic (exact) mass is 117 g/mol. The molecule has 0 spiro atoms. The molecular weight excluding hydrogens is 104 g/mol. The van der Waals surface area contributed by atoms with Gasteiger partial charge in [0.1, 0.15) is 6.23 Å². The second-order valence-electron chi connectivity index (χ2n) is 1.66. The first kappa shape index (κ1) is 7.88. The average molecular weight is 117 g/mol. The van der Waals surface area contributed by atoms with E-state index in [0.29, 0.717) is 0 Å². The standard InChI is InChI=1S/C5H13N2O/c1-3-4-7-8-5(2)6/h5H,3-4,6H2,1-2H3. The van der Waals surface area contributed by atoms with Crippen LogP contribution in [0.3, 0.4) is 0 Å². The summed E-state index contributed by atoms with van der Waals surface area (Å²) in [4.78, 5) is 4.69. The molecule has 0 amide bonds. The van der Waals surface area contributed by atoms with Crippen LogP contribution in [0.15, 0.2) is 0 Å². The molecule has 0 rings (SSSR count). The molecule has 0 aromatic carbocycles. The Kier molecular flexibility index (Phi) is 4.95. The summed E-state index contributed by atoms with van der Waals surface area (Å²) in [5, 5.41) is 0. The number of hydrogen-bond acceptors (Lipinski definition) is 2. The van der Waals surface area contributed by atoms with E-state index in [4.69, 9.17) is 5.73 Å². The van der Waals surface area contributed by atoms with E-state index in [2.05, 4.69) is 10.3 Å². The lowest BCUT2D eigenvalue weighted by Crippen LogP contribution is -2.24. The topological polar surface area (TPSA) is 49.4 Å². The molecule has 0 aromatic heterocycles. The van der Waals surface area contributed by atoms with E-state index >= 15 is 0 Å². The summed E-state index contributed by atoms with van der Waals surface area (Å²) in [5.74, 6) is 0. The average Bonchev–Trinajstić information content (AvgIpc) is 1.66. The molecule has 0 aromatic rings. The van der Waals surface area contributed by atoms with Crippen LogP contribution in [-0.4, -0.2) is 12.8 Å². The molecule has 8 heavy (non-hydrogen) atoms. The third-order valence-electron chi connectivity index (χ3n) is 0.556. The highest BCUT2D eigenvalue weighted by Gasteiger charge is 1.90. The van der Waals surface area contributed by atoms with Crippen molar-refractivity contribution in [3.8, 4) is 0 Å². The van der Waals surface area contributed by atoms with Gasteiger partial charge in [-0.05, 0) is 13.3 Å². The van der Waals surface area contributed by atoms with Gasteiger partial charge in [-0.15, -0.1) is 0 Å². The first-order chi connectivity index (χ1) is 3.77. The first-order valence-electron chi connectivity index (χ1n) is 2.85. The molecule has 0 aliphatic rings. The number of nitrogens with zero attached hydrogens (tertiary/aromatic N) is 1. The summed E-state index contributed by atoms with van der Waals surface area (Å²) < 4.78 is 0. The van der Waals surface area contributed by atoms with Gasteiger partial charge in [0.25, 0.3) is 0 Å². The lowest BCUT2D eigenvalue weighted by molar-refractivity contribution is -0.0182. The van der Waals surface area contributed by atoms with Crippen LogP contribution >= 0.6 is 0 Å². The van der Waals surface area contributed by atoms with Crippen molar-refractivity contribution in [2.24, 2.45) is 5.73 Å². The van der Waals surface area contributed by atoms with Gasteiger partial charge in [0.15, 0.2) is 0 Å². The van der Waals surface area contributed by atoms with Gasteiger partial charge in [-0.25, -0.2) is 0 Å². The van der Waals surface area contributed by atoms with Crippen LogP contribution in [0.2, 0.25) is 0 Å². The van der Waals surface area contributed by atoms with Crippen LogP contribution in [0.4, 0.5) is 0 Å². The molecule has 0 fully saturated rings. The third kappa shape index (κ3) is 5.88. The first-order valence-corrected chi connectivity index (χ1v) is 2.85. The van der Waals surface area contributed by atoms with Crippen molar-refractivity contribution >= 4 is 0 Å². The molecule has 49 valence electrons. The lowest BCUT2D eigenvalue weighted by atomic mass is 10.5. The van der Waals surface area contributed by atoms with Crippen molar-refractivity contribution in [1.82, 2.24) is 5.48 Å². The third-order valence-corrected chi connectivity index (χ3v) is 0.556. The Balaban J connectivity index is 2.72. The Labute approximate surface area is 50.2 Å². The Bertz CT molecular complexity index is 47.7. The molecule has 0 saturated carbocycles. The zero-order valence-electron chi connectivity index (χ0n) is 5.42. The quantitative estimate of drug-likeness (QED) is 0.325. The Hall–Kier alpha value is -0.120. The van der Waals surface area contributed by atoms with Crippen LogP contribution in [0.25, 0.3) is 0 Å². The highest BCUT2D eigenvalue weighted by molar-refractivity contribution is 4.30. The fourth-order valence-corrected chi connectivity index (χ4v) is 0.262. The van der Waals surface area contributed by atoms with Crippen LogP contribution in [0.1, 0.15) is 20.3 Å². The molecule has 2 N–H and O–H groups in total. The Morgan fingerprint density at radius 2 is 2.38 bits per heavy atom. The van der Waals surface area contributed by atoms with Crippen LogP contribution in [0, 0.1) is 0 Å². The molecule has 0 saturated heterocycles. The molecule has 1 radical (unpaired) electrons. The fraction of sp³-hybridized carbons (Fsp3) is 1.00. The van der Waals surface area contributed by atoms with Crippen molar-refractivity contribution in [2.45, 2.75) is 26.5 Å². The van der Waals surface area contributed by atoms with Crippen LogP contribution < -0.4 is 11.2 Å². The van der Waals surface area contributed by atoms with Gasteiger partial charge in [-0.1, -0.05) is 12.4 Å². The molecule has 1 atom stereocenters. The smallest absolute Gasteiger partial charge is 0.126 e. The summed E-state index contributed by atoms with van der Waals surface area (Å²) in [6, 6.07) is 0. The van der Waals surface area contributed by atoms with Gasteiger partial charge in [0.05, 0.1) is 0 Å². The normalized spacial score (nSPS) is 13.9. The second kappa shape index (κ2) is 5.03. The minimum Gasteiger partial charge on any atom is -0.305 e. The van der Waals surface area contributed by atoms with E-state index in [-0.39, 0.29) is 6.23 Å². The molecule has 0 bridgehead atoms. The van der Waals surface area contributed by atoms with E-state index in [9.17, 15) is 0 Å². The second-order valence-corrected chi connectivity index (χ2v) is 1.66. The zero-order valence-corrected chi connectivity index (χ0v) is 5.42. The van der Waals surface area contributed by atoms with Crippen molar-refractivity contribution in [1.29, 1.82) is 0 Å². The SMILES string of the molecule is CCC[N]OC(C)N. The van der Waals surface area contributed by atoms with E-state index < -0.39 is 0 Å². The maximum absolute atomic E-state index is 5.22. The van der Waals surface area contributed by atoms with E-state index in [1.165, 1.54) is 0 Å². The van der Waals surface area contributed by atoms with Crippen molar-refractivity contribution < 1.29 is 4.84 Å². The maximum Gasteiger partial charge on any atom is 0.126 e. The Morgan fingerprint density at radius 3 is 2.75 bits per heavy atom. The van der Waals surface area contributed by atoms with Gasteiger partial charge < -0.3 is 5.73 Å². The van der Waals surface area contributed by atoms with E-state index in [0.717, 1.165) is 13.0 Å². The molecule has 1 unspecified atom stereocenters. The number of hydrogen-bond donors (Lipinski definition) is 1. The van der Waals surface area contributed by atoms with Gasteiger partial charge in [0.2, 0.25) is 0 Å². The summed E-state index contributed by atoms with van der Waals surface area (Å²) in [6.45, 7) is 4.52. The molecule has 3 nitrogen and oxygen atoms in total. The zero-order chi connectivity index (χ0) is 6.41. The number of rotatable bonds is 4. The predicted octanol–water partition coefficient (Wildman–Crippen LogP) is 0.237. The number of hydroxylamine groups is 1. The maximum atomic E-state index is 5.22. The molecule has 0 aliphatic carbocycles. The summed E-state index contributed by atoms with van der Waals surface area (Å²) in [5.41, 5.74) is 8.88. The van der Waals surface area contributed by atoms with Crippen LogP contribution in [-0.2, 0) is 4.84 Å². The lowest BCUT2D eigenvalue weighted by Gasteiger charge is -2.02. The van der Waals surface area contributed by atoms with Crippen molar-refractivity contribution in [3.63, 3.8) is 0 Å². The number of nitrogens with two attached hydrogens (primary N) is 1. The van der Waals surface area contributed by atoms with Gasteiger partial charge in [-0.3, -0.25) is 4.84 Å². The van der Waals surface area contributed by atoms with Gasteiger partial charge in [-0.2, -0.15) is 0 Å². The molecular formula is C5H13N2O. The molecule has 0 aliphatic heterocycles. The molecule has 0 heterocycles. The highest BCUT2D eigenvalue weighted by atomic mass is 16.7. The summed E-state index contributed by atoms with van der Waals surface area (Å²) in [6.07, 6.45) is 0.744. The van der Waals surface area contributed by atoms with Crippen LogP contribution in [0.5, 0.6) is 0 Å². The minimum absolute atomic E-state index is 0.262. The molecule has 3 heteroatoms. The fourth-order valence-electron chi connectivity index (χ4n) is 0.262. The Morgan fingerprint density at radius 1 is 1.75 bits per heavy atom. The predicted molar refractivity (Wildman–Crippen MR) is 32.0 cm³/mol. The van der Waals surface area contributed by atoms with Crippen molar-refractivity contribution in [3.05, 3.63) is 0 Å². The van der Waals surface area contributed by atoms with E-state index in [1.807, 2.05) is 6.92 Å². The van der Waals surface area contributed by atoms with Gasteiger partial charge in [0, 0.05) is 6.54 Å². The largest absolute Gasteiger partial charge is 0.305 e. The minimum atomic E-state index is -0.262. The summed E-state index contributed by atoms with van der Waals surface area (Å²) >= 11 is 0. The highest BCUT2D eigenvalue weighted by Crippen LogP contribution is 1.77.